The molecule has 0 saturated heterocycles. The molecule has 2 atom stereocenters. The highest BCUT2D eigenvalue weighted by Gasteiger charge is 2.23. The molecule has 1 aromatic rings. The number of rotatable bonds is 2. The third-order valence-corrected chi connectivity index (χ3v) is 4.77. The molecule has 0 radical (unpaired) electrons. The largest absolute Gasteiger partial charge is 0.383 e. The summed E-state index contributed by atoms with van der Waals surface area (Å²) in [7, 11) is 0. The van der Waals surface area contributed by atoms with E-state index in [-0.39, 0.29) is 0 Å². The number of nitrogens with two attached hydrogens (primary N) is 1. The third-order valence-electron chi connectivity index (χ3n) is 3.60. The lowest BCUT2D eigenvalue weighted by Crippen LogP contribution is -2.16. The van der Waals surface area contributed by atoms with Crippen LogP contribution in [0.5, 0.6) is 0 Å². The molecule has 1 aliphatic rings. The topological polar surface area (TPSA) is 51.8 Å². The molecule has 4 heteroatoms. The molecule has 1 aromatic heterocycles. The molecule has 17 heavy (non-hydrogen) atoms. The van der Waals surface area contributed by atoms with Gasteiger partial charge in [-0.3, -0.25) is 0 Å². The Bertz CT molecular complexity index is 406. The van der Waals surface area contributed by atoms with E-state index in [1.54, 1.807) is 0 Å². The highest BCUT2D eigenvalue weighted by molar-refractivity contribution is 14.1. The first-order chi connectivity index (χ1) is 8.11. The number of nitrogens with zero attached hydrogens (tertiary/aromatic N) is 2. The van der Waals surface area contributed by atoms with Crippen LogP contribution in [0.4, 0.5) is 5.82 Å². The number of nitrogen functional groups attached to an aromatic ring is 1. The van der Waals surface area contributed by atoms with Crippen molar-refractivity contribution in [1.29, 1.82) is 0 Å². The monoisotopic (exact) mass is 345 g/mol. The molecule has 0 bridgehead atoms. The number of anilines is 1. The van der Waals surface area contributed by atoms with Gasteiger partial charge in [0.15, 0.2) is 0 Å². The first-order valence-corrected chi connectivity index (χ1v) is 7.51. The summed E-state index contributed by atoms with van der Waals surface area (Å²) in [6.45, 7) is 4.44. The van der Waals surface area contributed by atoms with Crippen molar-refractivity contribution in [1.82, 2.24) is 9.97 Å². The lowest BCUT2D eigenvalue weighted by atomic mass is 9.82. The summed E-state index contributed by atoms with van der Waals surface area (Å²) in [5.41, 5.74) is 7.08. The van der Waals surface area contributed by atoms with Crippen molar-refractivity contribution in [2.45, 2.75) is 51.9 Å². The maximum atomic E-state index is 5.98. The van der Waals surface area contributed by atoms with Gasteiger partial charge < -0.3 is 5.73 Å². The van der Waals surface area contributed by atoms with Crippen molar-refractivity contribution in [2.24, 2.45) is 5.92 Å². The van der Waals surface area contributed by atoms with E-state index < -0.39 is 0 Å². The Kier molecular flexibility index (Phi) is 4.22. The van der Waals surface area contributed by atoms with Crippen molar-refractivity contribution >= 4 is 28.4 Å². The summed E-state index contributed by atoms with van der Waals surface area (Å²) in [6, 6.07) is 0. The minimum absolute atomic E-state index is 0.517. The molecule has 1 aliphatic carbocycles. The smallest absolute Gasteiger partial charge is 0.140 e. The summed E-state index contributed by atoms with van der Waals surface area (Å²) < 4.78 is 1.03. The van der Waals surface area contributed by atoms with Crippen LogP contribution in [-0.2, 0) is 6.42 Å². The fourth-order valence-electron chi connectivity index (χ4n) is 2.62. The number of hydrogen-bond acceptors (Lipinski definition) is 3. The SMILES string of the molecule is CCc1nc(C2CCCC(C)C2)nc(N)c1I. The number of aromatic nitrogens is 2. The molecule has 0 amide bonds. The van der Waals surface area contributed by atoms with E-state index in [1.807, 2.05) is 0 Å². The Balaban J connectivity index is 2.29. The molecule has 94 valence electrons. The summed E-state index contributed by atoms with van der Waals surface area (Å²) in [5.74, 6) is 2.95. The highest BCUT2D eigenvalue weighted by atomic mass is 127. The van der Waals surface area contributed by atoms with Gasteiger partial charge in [0.2, 0.25) is 0 Å². The molecule has 2 rings (SSSR count). The normalized spacial score (nSPS) is 24.9. The van der Waals surface area contributed by atoms with Gasteiger partial charge in [0.1, 0.15) is 11.6 Å². The van der Waals surface area contributed by atoms with E-state index >= 15 is 0 Å². The molecule has 2 N–H and O–H groups in total. The zero-order valence-corrected chi connectivity index (χ0v) is 12.7. The van der Waals surface area contributed by atoms with Crippen molar-refractivity contribution in [3.05, 3.63) is 15.1 Å². The van der Waals surface area contributed by atoms with Crippen LogP contribution >= 0.6 is 22.6 Å². The lowest BCUT2D eigenvalue weighted by Gasteiger charge is -2.26. The van der Waals surface area contributed by atoms with Crippen molar-refractivity contribution in [3.63, 3.8) is 0 Å². The number of hydrogen-bond donors (Lipinski definition) is 1. The van der Waals surface area contributed by atoms with Crippen LogP contribution in [0.15, 0.2) is 0 Å². The Morgan fingerprint density at radius 2 is 2.12 bits per heavy atom. The second-order valence-electron chi connectivity index (χ2n) is 5.05. The Morgan fingerprint density at radius 1 is 1.35 bits per heavy atom. The van der Waals surface area contributed by atoms with Crippen molar-refractivity contribution < 1.29 is 0 Å². The van der Waals surface area contributed by atoms with Crippen LogP contribution in [0.1, 0.15) is 57.0 Å². The Labute approximate surface area is 117 Å². The van der Waals surface area contributed by atoms with E-state index in [4.69, 9.17) is 10.7 Å². The van der Waals surface area contributed by atoms with E-state index in [9.17, 15) is 0 Å². The fraction of sp³-hybridized carbons (Fsp3) is 0.692. The molecule has 3 nitrogen and oxygen atoms in total. The van der Waals surface area contributed by atoms with Crippen LogP contribution in [0, 0.1) is 9.49 Å². The summed E-state index contributed by atoms with van der Waals surface area (Å²) >= 11 is 2.25. The fourth-order valence-corrected chi connectivity index (χ4v) is 3.24. The van der Waals surface area contributed by atoms with Gasteiger partial charge in [0.25, 0.3) is 0 Å². The Hall–Kier alpha value is -0.390. The standard InChI is InChI=1S/C13H20IN3/c1-3-10-11(14)12(15)17-13(16-10)9-6-4-5-8(2)7-9/h8-9H,3-7H2,1-2H3,(H2,15,16,17). The predicted octanol–water partition coefficient (Wildman–Crippen LogP) is 3.52. The molecule has 1 saturated carbocycles. The van der Waals surface area contributed by atoms with Gasteiger partial charge in [-0.05, 0) is 47.8 Å². The average molecular weight is 345 g/mol. The molecule has 1 heterocycles. The van der Waals surface area contributed by atoms with Gasteiger partial charge in [0.05, 0.1) is 9.26 Å². The summed E-state index contributed by atoms with van der Waals surface area (Å²) in [4.78, 5) is 9.21. The molecule has 0 spiro atoms. The molecular formula is C13H20IN3. The first-order valence-electron chi connectivity index (χ1n) is 6.43. The molecule has 0 aliphatic heterocycles. The molecular weight excluding hydrogens is 325 g/mol. The van der Waals surface area contributed by atoms with E-state index in [1.165, 1.54) is 25.7 Å². The minimum Gasteiger partial charge on any atom is -0.383 e. The van der Waals surface area contributed by atoms with Crippen LogP contribution in [0.2, 0.25) is 0 Å². The quantitative estimate of drug-likeness (QED) is 0.835. The van der Waals surface area contributed by atoms with Crippen LogP contribution in [0.3, 0.4) is 0 Å². The number of halogens is 1. The average Bonchev–Trinajstić information content (AvgIpc) is 2.32. The van der Waals surface area contributed by atoms with Gasteiger partial charge >= 0.3 is 0 Å². The minimum atomic E-state index is 0.517. The van der Waals surface area contributed by atoms with Crippen LogP contribution in [-0.4, -0.2) is 9.97 Å². The van der Waals surface area contributed by atoms with Crippen LogP contribution < -0.4 is 5.73 Å². The highest BCUT2D eigenvalue weighted by Crippen LogP contribution is 2.35. The lowest BCUT2D eigenvalue weighted by molar-refractivity contribution is 0.335. The molecule has 2 unspecified atom stereocenters. The maximum Gasteiger partial charge on any atom is 0.140 e. The van der Waals surface area contributed by atoms with E-state index in [2.05, 4.69) is 41.4 Å². The van der Waals surface area contributed by atoms with Gasteiger partial charge in [-0.15, -0.1) is 0 Å². The number of aryl methyl sites for hydroxylation is 1. The van der Waals surface area contributed by atoms with Gasteiger partial charge in [-0.2, -0.15) is 0 Å². The van der Waals surface area contributed by atoms with Gasteiger partial charge in [-0.25, -0.2) is 9.97 Å². The van der Waals surface area contributed by atoms with Crippen molar-refractivity contribution in [2.75, 3.05) is 5.73 Å². The first kappa shape index (κ1) is 13.1. The zero-order chi connectivity index (χ0) is 12.4. The Morgan fingerprint density at radius 3 is 2.76 bits per heavy atom. The van der Waals surface area contributed by atoms with Gasteiger partial charge in [0, 0.05) is 5.92 Å². The molecule has 0 aromatic carbocycles. The predicted molar refractivity (Wildman–Crippen MR) is 78.9 cm³/mol. The second-order valence-corrected chi connectivity index (χ2v) is 6.13. The van der Waals surface area contributed by atoms with Crippen LogP contribution in [0.25, 0.3) is 0 Å². The third kappa shape index (κ3) is 2.89. The maximum absolute atomic E-state index is 5.98. The second kappa shape index (κ2) is 5.50. The van der Waals surface area contributed by atoms with E-state index in [0.717, 1.165) is 27.4 Å². The summed E-state index contributed by atoms with van der Waals surface area (Å²) in [6.07, 6.45) is 6.00. The van der Waals surface area contributed by atoms with E-state index in [0.29, 0.717) is 11.7 Å². The molecule has 1 fully saturated rings. The van der Waals surface area contributed by atoms with Crippen molar-refractivity contribution in [3.8, 4) is 0 Å². The van der Waals surface area contributed by atoms with Gasteiger partial charge in [-0.1, -0.05) is 26.7 Å². The summed E-state index contributed by atoms with van der Waals surface area (Å²) in [5, 5.41) is 0. The zero-order valence-electron chi connectivity index (χ0n) is 10.5.